The van der Waals surface area contributed by atoms with Crippen molar-refractivity contribution >= 4 is 21.8 Å². The minimum atomic E-state index is -3.37. The second kappa shape index (κ2) is 4.38. The Balaban J connectivity index is 2.35. The Morgan fingerprint density at radius 2 is 2.38 bits per heavy atom. The summed E-state index contributed by atoms with van der Waals surface area (Å²) in [6.45, 7) is 4.25. The van der Waals surface area contributed by atoms with Crippen molar-refractivity contribution in [3.63, 3.8) is 0 Å². The molecule has 0 aliphatic carbocycles. The molecule has 2 rings (SSSR count). The number of aryl methyl sites for hydroxylation is 1. The van der Waals surface area contributed by atoms with Gasteiger partial charge in [-0.05, 0) is 13.8 Å². The van der Waals surface area contributed by atoms with Crippen LogP contribution in [0.1, 0.15) is 12.6 Å². The predicted molar refractivity (Wildman–Crippen MR) is 64.0 cm³/mol. The van der Waals surface area contributed by atoms with Gasteiger partial charge in [0.15, 0.2) is 0 Å². The van der Waals surface area contributed by atoms with Gasteiger partial charge in [0.1, 0.15) is 4.90 Å². The first-order valence-electron chi connectivity index (χ1n) is 5.13. The molecule has 1 aromatic heterocycles. The summed E-state index contributed by atoms with van der Waals surface area (Å²) in [6.07, 6.45) is 1.39. The molecule has 1 aliphatic rings. The van der Waals surface area contributed by atoms with Gasteiger partial charge in [0.2, 0.25) is 10.0 Å². The molecule has 0 aromatic carbocycles. The summed E-state index contributed by atoms with van der Waals surface area (Å²) < 4.78 is 26.2. The molecule has 0 amide bonds. The quantitative estimate of drug-likeness (QED) is 0.857. The van der Waals surface area contributed by atoms with E-state index in [0.29, 0.717) is 17.1 Å². The van der Waals surface area contributed by atoms with Gasteiger partial charge < -0.3 is 0 Å². The predicted octanol–water partition coefficient (Wildman–Crippen LogP) is 0.844. The van der Waals surface area contributed by atoms with Crippen molar-refractivity contribution in [1.82, 2.24) is 14.5 Å². The van der Waals surface area contributed by atoms with Crippen LogP contribution in [0.3, 0.4) is 0 Å². The largest absolute Gasteiger partial charge is 0.281 e. The minimum absolute atomic E-state index is 0.0537. The number of thioether (sulfide) groups is 1. The molecular weight excluding hydrogens is 246 g/mol. The fourth-order valence-corrected chi connectivity index (χ4v) is 4.77. The van der Waals surface area contributed by atoms with E-state index in [9.17, 15) is 8.42 Å². The monoisotopic (exact) mass is 261 g/mol. The maximum absolute atomic E-state index is 12.3. The average molecular weight is 261 g/mol. The Morgan fingerprint density at radius 1 is 1.62 bits per heavy atom. The van der Waals surface area contributed by atoms with Gasteiger partial charge in [0.05, 0.1) is 11.9 Å². The van der Waals surface area contributed by atoms with E-state index in [1.54, 1.807) is 23.0 Å². The fourth-order valence-electron chi connectivity index (χ4n) is 1.80. The van der Waals surface area contributed by atoms with E-state index in [1.807, 2.05) is 6.92 Å². The van der Waals surface area contributed by atoms with Gasteiger partial charge in [-0.1, -0.05) is 0 Å². The van der Waals surface area contributed by atoms with E-state index in [1.165, 1.54) is 6.20 Å². The van der Waals surface area contributed by atoms with Gasteiger partial charge in [-0.3, -0.25) is 5.10 Å². The molecule has 0 spiro atoms. The number of sulfonamides is 1. The number of hydrogen-bond donors (Lipinski definition) is 1. The number of H-pyrrole nitrogens is 1. The Morgan fingerprint density at radius 3 is 2.94 bits per heavy atom. The molecule has 1 saturated heterocycles. The van der Waals surface area contributed by atoms with E-state index in [-0.39, 0.29) is 6.04 Å². The second-order valence-electron chi connectivity index (χ2n) is 3.90. The van der Waals surface area contributed by atoms with Crippen LogP contribution < -0.4 is 0 Å². The lowest BCUT2D eigenvalue weighted by Crippen LogP contribution is -2.44. The molecule has 7 heteroatoms. The molecule has 1 atom stereocenters. The SMILES string of the molecule is Cc1[nH]ncc1S(=O)(=O)N1CCSCC1C. The number of aromatic amines is 1. The van der Waals surface area contributed by atoms with Crippen molar-refractivity contribution in [1.29, 1.82) is 0 Å². The topological polar surface area (TPSA) is 66.1 Å². The summed E-state index contributed by atoms with van der Waals surface area (Å²) in [5.74, 6) is 1.72. The van der Waals surface area contributed by atoms with Crippen LogP contribution in [0.15, 0.2) is 11.1 Å². The number of hydrogen-bond acceptors (Lipinski definition) is 4. The molecule has 0 radical (unpaired) electrons. The molecule has 1 aliphatic heterocycles. The third-order valence-electron chi connectivity index (χ3n) is 2.68. The van der Waals surface area contributed by atoms with Crippen LogP contribution in [-0.4, -0.2) is 47.0 Å². The lowest BCUT2D eigenvalue weighted by atomic mass is 10.4. The Bertz CT molecular complexity index is 469. The number of nitrogens with one attached hydrogen (secondary N) is 1. The van der Waals surface area contributed by atoms with Gasteiger partial charge in [-0.25, -0.2) is 8.42 Å². The zero-order valence-corrected chi connectivity index (χ0v) is 10.9. The maximum atomic E-state index is 12.3. The highest BCUT2D eigenvalue weighted by molar-refractivity contribution is 7.99. The highest BCUT2D eigenvalue weighted by atomic mass is 32.2. The van der Waals surface area contributed by atoms with Gasteiger partial charge in [-0.15, -0.1) is 0 Å². The summed E-state index contributed by atoms with van der Waals surface area (Å²) in [5.41, 5.74) is 0.602. The molecule has 16 heavy (non-hydrogen) atoms. The minimum Gasteiger partial charge on any atom is -0.281 e. The van der Waals surface area contributed by atoms with Crippen LogP contribution in [0.4, 0.5) is 0 Å². The summed E-state index contributed by atoms with van der Waals surface area (Å²) in [6, 6.07) is 0.0537. The van der Waals surface area contributed by atoms with Crippen molar-refractivity contribution in [2.45, 2.75) is 24.8 Å². The molecule has 5 nitrogen and oxygen atoms in total. The van der Waals surface area contributed by atoms with E-state index in [2.05, 4.69) is 10.2 Å². The van der Waals surface area contributed by atoms with Crippen molar-refractivity contribution in [2.24, 2.45) is 0 Å². The summed E-state index contributed by atoms with van der Waals surface area (Å²) >= 11 is 1.79. The smallest absolute Gasteiger partial charge is 0.246 e. The molecule has 1 N–H and O–H groups in total. The molecular formula is C9H15N3O2S2. The Hall–Kier alpha value is -0.530. The first-order chi connectivity index (χ1) is 7.53. The molecule has 1 fully saturated rings. The third-order valence-corrected chi connectivity index (χ3v) is 5.99. The van der Waals surface area contributed by atoms with E-state index in [4.69, 9.17) is 0 Å². The van der Waals surface area contributed by atoms with Gasteiger partial charge in [0.25, 0.3) is 0 Å². The molecule has 1 unspecified atom stereocenters. The molecule has 90 valence electrons. The normalized spacial score (nSPS) is 23.5. The molecule has 0 bridgehead atoms. The Labute approximate surface area is 99.7 Å². The second-order valence-corrected chi connectivity index (χ2v) is 6.91. The summed E-state index contributed by atoms with van der Waals surface area (Å²) in [4.78, 5) is 0.297. The van der Waals surface area contributed by atoms with Gasteiger partial charge in [0, 0.05) is 24.1 Å². The zero-order valence-electron chi connectivity index (χ0n) is 9.30. The summed E-state index contributed by atoms with van der Waals surface area (Å²) in [7, 11) is -3.37. The van der Waals surface area contributed by atoms with Crippen LogP contribution in [-0.2, 0) is 10.0 Å². The van der Waals surface area contributed by atoms with Crippen molar-refractivity contribution in [2.75, 3.05) is 18.1 Å². The number of rotatable bonds is 2. The van der Waals surface area contributed by atoms with Crippen molar-refractivity contribution in [3.05, 3.63) is 11.9 Å². The highest BCUT2D eigenvalue weighted by Gasteiger charge is 2.32. The lowest BCUT2D eigenvalue weighted by Gasteiger charge is -2.31. The van der Waals surface area contributed by atoms with Crippen LogP contribution in [0.2, 0.25) is 0 Å². The molecule has 1 aromatic rings. The zero-order chi connectivity index (χ0) is 11.8. The summed E-state index contributed by atoms with van der Waals surface area (Å²) in [5, 5.41) is 6.44. The lowest BCUT2D eigenvalue weighted by molar-refractivity contribution is 0.367. The van der Waals surface area contributed by atoms with E-state index >= 15 is 0 Å². The first-order valence-corrected chi connectivity index (χ1v) is 7.72. The molecule has 0 saturated carbocycles. The van der Waals surface area contributed by atoms with Crippen LogP contribution in [0.25, 0.3) is 0 Å². The van der Waals surface area contributed by atoms with Crippen molar-refractivity contribution in [3.8, 4) is 0 Å². The highest BCUT2D eigenvalue weighted by Crippen LogP contribution is 2.25. The first kappa shape index (κ1) is 11.9. The van der Waals surface area contributed by atoms with Crippen LogP contribution >= 0.6 is 11.8 Å². The van der Waals surface area contributed by atoms with Crippen LogP contribution in [0, 0.1) is 6.92 Å². The van der Waals surface area contributed by atoms with E-state index in [0.717, 1.165) is 11.5 Å². The fraction of sp³-hybridized carbons (Fsp3) is 0.667. The standard InChI is InChI=1S/C9H15N3O2S2/c1-7-6-15-4-3-12(7)16(13,14)9-5-10-11-8(9)2/h5,7H,3-4,6H2,1-2H3,(H,10,11). The van der Waals surface area contributed by atoms with E-state index < -0.39 is 10.0 Å². The molecule has 2 heterocycles. The van der Waals surface area contributed by atoms with Gasteiger partial charge in [-0.2, -0.15) is 21.2 Å². The number of aromatic nitrogens is 2. The maximum Gasteiger partial charge on any atom is 0.246 e. The number of nitrogens with zero attached hydrogens (tertiary/aromatic N) is 2. The van der Waals surface area contributed by atoms with Gasteiger partial charge >= 0.3 is 0 Å². The Kier molecular flexibility index (Phi) is 3.27. The van der Waals surface area contributed by atoms with Crippen LogP contribution in [0.5, 0.6) is 0 Å². The van der Waals surface area contributed by atoms with Crippen molar-refractivity contribution < 1.29 is 8.42 Å². The third kappa shape index (κ3) is 1.99. The average Bonchev–Trinajstić information content (AvgIpc) is 2.65.